The second-order valence-corrected chi connectivity index (χ2v) is 5.70. The van der Waals surface area contributed by atoms with Gasteiger partial charge in [0.15, 0.2) is 11.6 Å². The fraction of sp³-hybridized carbons (Fsp3) is 0.562. The SMILES string of the molecule is CC(NC(=O)N(CCCCO)C1CC1)c1ccc(F)c(F)c1. The summed E-state index contributed by atoms with van der Waals surface area (Å²) in [4.78, 5) is 14.1. The fourth-order valence-corrected chi connectivity index (χ4v) is 2.36. The quantitative estimate of drug-likeness (QED) is 0.761. The molecule has 0 aliphatic heterocycles. The van der Waals surface area contributed by atoms with Gasteiger partial charge in [-0.05, 0) is 50.3 Å². The number of unbranched alkanes of at least 4 members (excludes halogenated alkanes) is 1. The molecule has 0 heterocycles. The monoisotopic (exact) mass is 312 g/mol. The summed E-state index contributed by atoms with van der Waals surface area (Å²) in [5, 5.41) is 11.7. The van der Waals surface area contributed by atoms with Gasteiger partial charge in [-0.25, -0.2) is 13.6 Å². The molecular weight excluding hydrogens is 290 g/mol. The number of nitrogens with zero attached hydrogens (tertiary/aromatic N) is 1. The normalized spacial score (nSPS) is 15.5. The second kappa shape index (κ2) is 7.54. The Morgan fingerprint density at radius 1 is 1.36 bits per heavy atom. The van der Waals surface area contributed by atoms with E-state index >= 15 is 0 Å². The highest BCUT2D eigenvalue weighted by molar-refractivity contribution is 5.75. The zero-order valence-corrected chi connectivity index (χ0v) is 12.7. The van der Waals surface area contributed by atoms with Crippen LogP contribution < -0.4 is 5.32 Å². The van der Waals surface area contributed by atoms with Gasteiger partial charge in [0.25, 0.3) is 0 Å². The van der Waals surface area contributed by atoms with E-state index in [2.05, 4.69) is 5.32 Å². The lowest BCUT2D eigenvalue weighted by Crippen LogP contribution is -2.43. The Morgan fingerprint density at radius 2 is 2.09 bits per heavy atom. The van der Waals surface area contributed by atoms with Crippen molar-refractivity contribution in [3.63, 3.8) is 0 Å². The number of amides is 2. The lowest BCUT2D eigenvalue weighted by Gasteiger charge is -2.25. The number of rotatable bonds is 7. The molecule has 1 aromatic carbocycles. The van der Waals surface area contributed by atoms with Crippen molar-refractivity contribution in [2.75, 3.05) is 13.2 Å². The molecule has 0 radical (unpaired) electrons. The lowest BCUT2D eigenvalue weighted by atomic mass is 10.1. The highest BCUT2D eigenvalue weighted by Crippen LogP contribution is 2.27. The number of aliphatic hydroxyl groups excluding tert-OH is 1. The van der Waals surface area contributed by atoms with E-state index in [1.54, 1.807) is 11.8 Å². The summed E-state index contributed by atoms with van der Waals surface area (Å²) in [5.41, 5.74) is 0.526. The average Bonchev–Trinajstić information content (AvgIpc) is 3.31. The van der Waals surface area contributed by atoms with Crippen LogP contribution in [0.4, 0.5) is 13.6 Å². The highest BCUT2D eigenvalue weighted by atomic mass is 19.2. The van der Waals surface area contributed by atoms with Gasteiger partial charge < -0.3 is 15.3 Å². The van der Waals surface area contributed by atoms with Crippen LogP contribution in [-0.4, -0.2) is 35.2 Å². The minimum atomic E-state index is -0.916. The molecule has 22 heavy (non-hydrogen) atoms. The molecule has 1 saturated carbocycles. The molecule has 0 aromatic heterocycles. The number of urea groups is 1. The maximum atomic E-state index is 13.3. The van der Waals surface area contributed by atoms with Gasteiger partial charge in [-0.3, -0.25) is 0 Å². The molecule has 0 saturated heterocycles. The molecule has 4 nitrogen and oxygen atoms in total. The smallest absolute Gasteiger partial charge is 0.318 e. The highest BCUT2D eigenvalue weighted by Gasteiger charge is 2.32. The van der Waals surface area contributed by atoms with Crippen molar-refractivity contribution in [3.8, 4) is 0 Å². The van der Waals surface area contributed by atoms with Crippen LogP contribution in [0.15, 0.2) is 18.2 Å². The number of nitrogens with one attached hydrogen (secondary N) is 1. The Kier molecular flexibility index (Phi) is 5.71. The summed E-state index contributed by atoms with van der Waals surface area (Å²) in [5.74, 6) is -1.81. The summed E-state index contributed by atoms with van der Waals surface area (Å²) in [7, 11) is 0. The molecular formula is C16H22F2N2O2. The molecule has 0 bridgehead atoms. The van der Waals surface area contributed by atoms with Gasteiger partial charge in [-0.1, -0.05) is 6.07 Å². The molecule has 1 aromatic rings. The molecule has 122 valence electrons. The van der Waals surface area contributed by atoms with E-state index in [0.29, 0.717) is 18.5 Å². The molecule has 6 heteroatoms. The van der Waals surface area contributed by atoms with Crippen molar-refractivity contribution in [1.82, 2.24) is 10.2 Å². The topological polar surface area (TPSA) is 52.6 Å². The molecule has 1 unspecified atom stereocenters. The Balaban J connectivity index is 1.94. The van der Waals surface area contributed by atoms with Crippen molar-refractivity contribution < 1.29 is 18.7 Å². The first-order chi connectivity index (χ1) is 10.5. The summed E-state index contributed by atoms with van der Waals surface area (Å²) in [6.45, 7) is 2.45. The van der Waals surface area contributed by atoms with E-state index in [4.69, 9.17) is 5.11 Å². The summed E-state index contributed by atoms with van der Waals surface area (Å²) in [6, 6.07) is 3.30. The number of carbonyl (C=O) groups is 1. The van der Waals surface area contributed by atoms with Gasteiger partial charge in [0, 0.05) is 19.2 Å². The van der Waals surface area contributed by atoms with Gasteiger partial charge in [-0.2, -0.15) is 0 Å². The van der Waals surface area contributed by atoms with Gasteiger partial charge in [-0.15, -0.1) is 0 Å². The molecule has 2 amide bonds. The number of hydrogen-bond donors (Lipinski definition) is 2. The predicted octanol–water partition coefficient (Wildman–Crippen LogP) is 2.97. The van der Waals surface area contributed by atoms with E-state index < -0.39 is 17.7 Å². The number of aliphatic hydroxyl groups is 1. The van der Waals surface area contributed by atoms with Crippen LogP contribution in [0.5, 0.6) is 0 Å². The number of hydrogen-bond acceptors (Lipinski definition) is 2. The van der Waals surface area contributed by atoms with E-state index in [-0.39, 0.29) is 18.7 Å². The zero-order valence-electron chi connectivity index (χ0n) is 12.7. The first-order valence-electron chi connectivity index (χ1n) is 7.66. The average molecular weight is 312 g/mol. The Labute approximate surface area is 129 Å². The van der Waals surface area contributed by atoms with Crippen LogP contribution in [0, 0.1) is 11.6 Å². The van der Waals surface area contributed by atoms with E-state index in [0.717, 1.165) is 31.4 Å². The lowest BCUT2D eigenvalue weighted by molar-refractivity contribution is 0.187. The molecule has 0 spiro atoms. The molecule has 2 N–H and O–H groups in total. The second-order valence-electron chi connectivity index (χ2n) is 5.70. The van der Waals surface area contributed by atoms with Gasteiger partial charge in [0.05, 0.1) is 6.04 Å². The maximum absolute atomic E-state index is 13.3. The maximum Gasteiger partial charge on any atom is 0.318 e. The van der Waals surface area contributed by atoms with Gasteiger partial charge in [0.1, 0.15) is 0 Å². The molecule has 1 aliphatic rings. The van der Waals surface area contributed by atoms with E-state index in [1.807, 2.05) is 0 Å². The van der Waals surface area contributed by atoms with Crippen LogP contribution in [-0.2, 0) is 0 Å². The van der Waals surface area contributed by atoms with Crippen LogP contribution >= 0.6 is 0 Å². The van der Waals surface area contributed by atoms with Crippen LogP contribution in [0.2, 0.25) is 0 Å². The van der Waals surface area contributed by atoms with Crippen LogP contribution in [0.3, 0.4) is 0 Å². The first-order valence-corrected chi connectivity index (χ1v) is 7.66. The Bertz CT molecular complexity index is 521. The third-order valence-corrected chi connectivity index (χ3v) is 3.84. The minimum absolute atomic E-state index is 0.116. The Morgan fingerprint density at radius 3 is 2.68 bits per heavy atom. The van der Waals surface area contributed by atoms with Crippen LogP contribution in [0.1, 0.15) is 44.2 Å². The van der Waals surface area contributed by atoms with E-state index in [9.17, 15) is 13.6 Å². The predicted molar refractivity (Wildman–Crippen MR) is 79.4 cm³/mol. The van der Waals surface area contributed by atoms with Crippen molar-refractivity contribution in [2.24, 2.45) is 0 Å². The molecule has 1 fully saturated rings. The fourth-order valence-electron chi connectivity index (χ4n) is 2.36. The van der Waals surface area contributed by atoms with Gasteiger partial charge >= 0.3 is 6.03 Å². The van der Waals surface area contributed by atoms with E-state index in [1.165, 1.54) is 6.07 Å². The molecule has 1 atom stereocenters. The van der Waals surface area contributed by atoms with Crippen molar-refractivity contribution >= 4 is 6.03 Å². The largest absolute Gasteiger partial charge is 0.396 e. The van der Waals surface area contributed by atoms with Crippen molar-refractivity contribution in [3.05, 3.63) is 35.4 Å². The number of benzene rings is 1. The molecule has 1 aliphatic carbocycles. The standard InChI is InChI=1S/C16H22F2N2O2/c1-11(12-4-7-14(17)15(18)10-12)19-16(22)20(13-5-6-13)8-2-3-9-21/h4,7,10-11,13,21H,2-3,5-6,8-9H2,1H3,(H,19,22). The third-order valence-electron chi connectivity index (χ3n) is 3.84. The summed E-state index contributed by atoms with van der Waals surface area (Å²) in [6.07, 6.45) is 3.40. The minimum Gasteiger partial charge on any atom is -0.396 e. The van der Waals surface area contributed by atoms with Crippen molar-refractivity contribution in [2.45, 2.75) is 44.7 Å². The van der Waals surface area contributed by atoms with Crippen LogP contribution in [0.25, 0.3) is 0 Å². The van der Waals surface area contributed by atoms with Crippen molar-refractivity contribution in [1.29, 1.82) is 0 Å². The number of carbonyl (C=O) groups excluding carboxylic acids is 1. The molecule has 2 rings (SSSR count). The first kappa shape index (κ1) is 16.7. The third kappa shape index (κ3) is 4.40. The number of halogens is 2. The van der Waals surface area contributed by atoms with Gasteiger partial charge in [0.2, 0.25) is 0 Å². The summed E-state index contributed by atoms with van der Waals surface area (Å²) >= 11 is 0. The zero-order chi connectivity index (χ0) is 16.1. The Hall–Kier alpha value is -1.69. The summed E-state index contributed by atoms with van der Waals surface area (Å²) < 4.78 is 26.2.